The smallest absolute Gasteiger partial charge is 0.398 e. The van der Waals surface area contributed by atoms with Crippen molar-refractivity contribution in [3.63, 3.8) is 0 Å². The van der Waals surface area contributed by atoms with Crippen LogP contribution in [-0.4, -0.2) is 34.3 Å². The second-order valence-electron chi connectivity index (χ2n) is 6.13. The molecule has 1 aromatic rings. The highest BCUT2D eigenvalue weighted by atomic mass is 19.1. The molecule has 0 aliphatic carbocycles. The summed E-state index contributed by atoms with van der Waals surface area (Å²) in [6.07, 6.45) is -0.369. The van der Waals surface area contributed by atoms with Crippen molar-refractivity contribution in [3.05, 3.63) is 11.8 Å². The third-order valence-corrected chi connectivity index (χ3v) is 4.18. The van der Waals surface area contributed by atoms with Crippen LogP contribution in [0.3, 0.4) is 0 Å². The molecule has 1 atom stereocenters. The molecule has 2 aliphatic rings. The summed E-state index contributed by atoms with van der Waals surface area (Å²) in [5.41, 5.74) is 0.936. The lowest BCUT2D eigenvalue weighted by atomic mass is 9.85. The van der Waals surface area contributed by atoms with Crippen molar-refractivity contribution >= 4 is 12.7 Å². The Hall–Kier alpha value is -0.875. The normalized spacial score (nSPS) is 28.7. The molecule has 0 radical (unpaired) electrons. The third-order valence-electron chi connectivity index (χ3n) is 4.18. The van der Waals surface area contributed by atoms with E-state index in [2.05, 4.69) is 5.10 Å². The maximum Gasteiger partial charge on any atom is 0.516 e. The fraction of sp³-hybridized carbons (Fsp3) is 0.750. The highest BCUT2D eigenvalue weighted by molar-refractivity contribution is 6.61. The summed E-state index contributed by atoms with van der Waals surface area (Å²) in [7, 11) is -0.453. The Labute approximate surface area is 107 Å². The first-order chi connectivity index (χ1) is 8.28. The number of aromatic nitrogens is 2. The van der Waals surface area contributed by atoms with Gasteiger partial charge in [0.2, 0.25) is 0 Å². The number of hydrogen-bond acceptors (Lipinski definition) is 3. The first kappa shape index (κ1) is 12.2. The number of nitrogens with zero attached hydrogens (tertiary/aromatic N) is 2. The van der Waals surface area contributed by atoms with Crippen LogP contribution in [0.1, 0.15) is 33.4 Å². The van der Waals surface area contributed by atoms with Gasteiger partial charge in [-0.2, -0.15) is 5.10 Å². The quantitative estimate of drug-likeness (QED) is 0.701. The van der Waals surface area contributed by atoms with Gasteiger partial charge in [0.1, 0.15) is 6.17 Å². The molecule has 0 bridgehead atoms. The number of halogens is 1. The SMILES string of the molecule is CC1(C)OB(c2cc3n(n2)C[C@@H](F)C3)OC1(C)C. The molecule has 0 aromatic carbocycles. The fourth-order valence-electron chi connectivity index (χ4n) is 2.36. The summed E-state index contributed by atoms with van der Waals surface area (Å²) < 4.78 is 26.7. The van der Waals surface area contributed by atoms with Crippen molar-refractivity contribution in [1.82, 2.24) is 9.78 Å². The lowest BCUT2D eigenvalue weighted by molar-refractivity contribution is 0.00578. The Morgan fingerprint density at radius 2 is 1.94 bits per heavy atom. The molecule has 18 heavy (non-hydrogen) atoms. The van der Waals surface area contributed by atoms with E-state index >= 15 is 0 Å². The minimum absolute atomic E-state index is 0.342. The Kier molecular flexibility index (Phi) is 2.42. The van der Waals surface area contributed by atoms with Crippen LogP contribution in [0, 0.1) is 0 Å². The molecule has 1 saturated heterocycles. The topological polar surface area (TPSA) is 36.3 Å². The molecule has 6 heteroatoms. The summed E-state index contributed by atoms with van der Waals surface area (Å²) >= 11 is 0. The first-order valence-electron chi connectivity index (χ1n) is 6.35. The van der Waals surface area contributed by atoms with E-state index in [0.717, 1.165) is 11.3 Å². The van der Waals surface area contributed by atoms with Gasteiger partial charge in [-0.3, -0.25) is 4.68 Å². The van der Waals surface area contributed by atoms with Gasteiger partial charge in [0.05, 0.1) is 23.3 Å². The predicted molar refractivity (Wildman–Crippen MR) is 66.5 cm³/mol. The zero-order valence-corrected chi connectivity index (χ0v) is 11.2. The van der Waals surface area contributed by atoms with Crippen molar-refractivity contribution in [1.29, 1.82) is 0 Å². The van der Waals surface area contributed by atoms with Crippen LogP contribution in [0.5, 0.6) is 0 Å². The zero-order chi connectivity index (χ0) is 13.1. The van der Waals surface area contributed by atoms with Crippen LogP contribution in [0.25, 0.3) is 0 Å². The maximum absolute atomic E-state index is 13.2. The average Bonchev–Trinajstić information content (AvgIpc) is 2.77. The Balaban J connectivity index is 1.84. The maximum atomic E-state index is 13.2. The van der Waals surface area contributed by atoms with Gasteiger partial charge in [-0.1, -0.05) is 0 Å². The molecule has 1 aromatic heterocycles. The van der Waals surface area contributed by atoms with E-state index in [1.165, 1.54) is 0 Å². The predicted octanol–water partition coefficient (Wildman–Crippen LogP) is 1.08. The van der Waals surface area contributed by atoms with Gasteiger partial charge in [-0.25, -0.2) is 4.39 Å². The van der Waals surface area contributed by atoms with E-state index in [1.807, 2.05) is 33.8 Å². The van der Waals surface area contributed by atoms with Gasteiger partial charge in [-0.05, 0) is 33.8 Å². The number of rotatable bonds is 1. The Morgan fingerprint density at radius 1 is 1.33 bits per heavy atom. The Bertz CT molecular complexity index is 447. The van der Waals surface area contributed by atoms with Crippen LogP contribution < -0.4 is 5.59 Å². The summed E-state index contributed by atoms with van der Waals surface area (Å²) in [4.78, 5) is 0. The molecular weight excluding hydrogens is 234 g/mol. The van der Waals surface area contributed by atoms with Crippen LogP contribution in [0.15, 0.2) is 6.07 Å². The minimum atomic E-state index is -0.806. The fourth-order valence-corrected chi connectivity index (χ4v) is 2.36. The van der Waals surface area contributed by atoms with Crippen molar-refractivity contribution in [2.45, 2.75) is 58.0 Å². The second-order valence-corrected chi connectivity index (χ2v) is 6.13. The number of hydrogen-bond donors (Lipinski definition) is 0. The van der Waals surface area contributed by atoms with E-state index < -0.39 is 13.3 Å². The van der Waals surface area contributed by atoms with Crippen molar-refractivity contribution in [2.24, 2.45) is 0 Å². The van der Waals surface area contributed by atoms with Gasteiger partial charge >= 0.3 is 7.12 Å². The molecule has 4 nitrogen and oxygen atoms in total. The van der Waals surface area contributed by atoms with E-state index in [1.54, 1.807) is 4.68 Å². The highest BCUT2D eigenvalue weighted by Crippen LogP contribution is 2.36. The third kappa shape index (κ3) is 1.70. The van der Waals surface area contributed by atoms with Gasteiger partial charge < -0.3 is 9.31 Å². The molecule has 1 fully saturated rings. The van der Waals surface area contributed by atoms with E-state index in [0.29, 0.717) is 13.0 Å². The summed E-state index contributed by atoms with van der Waals surface area (Å²) in [6, 6.07) is 1.89. The van der Waals surface area contributed by atoms with E-state index in [4.69, 9.17) is 9.31 Å². The molecular formula is C12H18BFN2O2. The average molecular weight is 252 g/mol. The van der Waals surface area contributed by atoms with E-state index in [-0.39, 0.29) is 11.2 Å². The molecule has 2 aliphatic heterocycles. The first-order valence-corrected chi connectivity index (χ1v) is 6.35. The highest BCUT2D eigenvalue weighted by Gasteiger charge is 2.53. The van der Waals surface area contributed by atoms with Crippen LogP contribution >= 0.6 is 0 Å². The number of fused-ring (bicyclic) bond motifs is 1. The lowest BCUT2D eigenvalue weighted by Gasteiger charge is -2.32. The number of alkyl halides is 1. The van der Waals surface area contributed by atoms with Gasteiger partial charge in [0.25, 0.3) is 0 Å². The largest absolute Gasteiger partial charge is 0.516 e. The van der Waals surface area contributed by atoms with Gasteiger partial charge in [0.15, 0.2) is 0 Å². The molecule has 0 unspecified atom stereocenters. The molecule has 98 valence electrons. The summed E-state index contributed by atoms with van der Waals surface area (Å²) in [6.45, 7) is 8.38. The van der Waals surface area contributed by atoms with Crippen molar-refractivity contribution in [3.8, 4) is 0 Å². The van der Waals surface area contributed by atoms with Crippen LogP contribution in [0.2, 0.25) is 0 Å². The summed E-state index contributed by atoms with van der Waals surface area (Å²) in [5, 5.41) is 4.38. The monoisotopic (exact) mass is 252 g/mol. The molecule has 0 spiro atoms. The standard InChI is InChI=1S/C12H18BFN2O2/c1-11(2)12(3,4)18-13(17-11)10-6-9-5-8(14)7-16(9)15-10/h6,8H,5,7H2,1-4H3/t8-/m0/s1. The molecule has 0 N–H and O–H groups in total. The van der Waals surface area contributed by atoms with Crippen LogP contribution in [0.4, 0.5) is 4.39 Å². The van der Waals surface area contributed by atoms with Gasteiger partial charge in [-0.15, -0.1) is 0 Å². The van der Waals surface area contributed by atoms with E-state index in [9.17, 15) is 4.39 Å². The van der Waals surface area contributed by atoms with Crippen LogP contribution in [-0.2, 0) is 22.3 Å². The summed E-state index contributed by atoms with van der Waals surface area (Å²) in [5.74, 6) is 0. The Morgan fingerprint density at radius 3 is 2.50 bits per heavy atom. The molecule has 3 heterocycles. The van der Waals surface area contributed by atoms with Crippen molar-refractivity contribution in [2.75, 3.05) is 0 Å². The molecule has 0 saturated carbocycles. The second kappa shape index (κ2) is 3.57. The lowest BCUT2D eigenvalue weighted by Crippen LogP contribution is -2.41. The van der Waals surface area contributed by atoms with Gasteiger partial charge in [0, 0.05) is 12.1 Å². The molecule has 3 rings (SSSR count). The minimum Gasteiger partial charge on any atom is -0.398 e. The molecule has 0 amide bonds. The zero-order valence-electron chi connectivity index (χ0n) is 11.2. The van der Waals surface area contributed by atoms with Crippen molar-refractivity contribution < 1.29 is 13.7 Å².